The molecule has 0 bridgehead atoms. The zero-order valence-corrected chi connectivity index (χ0v) is 15.1. The van der Waals surface area contributed by atoms with E-state index in [4.69, 9.17) is 4.74 Å². The number of benzene rings is 1. The summed E-state index contributed by atoms with van der Waals surface area (Å²) in [7, 11) is 0. The normalized spacial score (nSPS) is 19.9. The van der Waals surface area contributed by atoms with E-state index >= 15 is 0 Å². The molecule has 0 spiro atoms. The number of hydrazone groups is 1. The highest BCUT2D eigenvalue weighted by Crippen LogP contribution is 2.41. The summed E-state index contributed by atoms with van der Waals surface area (Å²) in [5, 5.41) is 26.7. The number of nitro benzene ring substituents is 1. The van der Waals surface area contributed by atoms with Crippen LogP contribution < -0.4 is 0 Å². The summed E-state index contributed by atoms with van der Waals surface area (Å²) in [6, 6.07) is 4.94. The van der Waals surface area contributed by atoms with Crippen molar-refractivity contribution in [3.8, 4) is 0 Å². The first-order valence-corrected chi connectivity index (χ1v) is 8.07. The third-order valence-electron chi connectivity index (χ3n) is 4.21. The largest absolute Gasteiger partial charge is 0.461 e. The number of hydrogen-bond acceptors (Lipinski definition) is 7. The molecular weight excluding hydrogens is 342 g/mol. The van der Waals surface area contributed by atoms with Gasteiger partial charge >= 0.3 is 5.97 Å². The van der Waals surface area contributed by atoms with Crippen molar-refractivity contribution in [1.29, 1.82) is 0 Å². The van der Waals surface area contributed by atoms with Crippen LogP contribution in [0.25, 0.3) is 0 Å². The highest BCUT2D eigenvalue weighted by atomic mass is 16.6. The molecule has 9 nitrogen and oxygen atoms in total. The van der Waals surface area contributed by atoms with Gasteiger partial charge in [-0.2, -0.15) is 10.1 Å². The third kappa shape index (κ3) is 3.43. The van der Waals surface area contributed by atoms with E-state index in [-0.39, 0.29) is 30.0 Å². The number of esters is 1. The van der Waals surface area contributed by atoms with E-state index in [0.29, 0.717) is 0 Å². The average molecular weight is 363 g/mol. The molecule has 1 aliphatic heterocycles. The SMILES string of the molecule is CCOC(=O)C1=NN(C(=O)c2ccc([N+](=O)[O-])cc2)C(O)(C(C)(C)C)C1. The van der Waals surface area contributed by atoms with E-state index in [1.165, 1.54) is 24.3 Å². The minimum Gasteiger partial charge on any atom is -0.461 e. The van der Waals surface area contributed by atoms with E-state index in [1.807, 2.05) is 0 Å². The van der Waals surface area contributed by atoms with E-state index in [2.05, 4.69) is 5.10 Å². The van der Waals surface area contributed by atoms with Crippen molar-refractivity contribution in [3.05, 3.63) is 39.9 Å². The number of hydrogen-bond donors (Lipinski definition) is 1. The standard InChI is InChI=1S/C17H21N3O6/c1-5-26-15(22)13-10-17(23,16(2,3)4)19(18-13)14(21)11-6-8-12(9-7-11)20(24)25/h6-9,23H,5,10H2,1-4H3. The summed E-state index contributed by atoms with van der Waals surface area (Å²) in [4.78, 5) is 35.0. The van der Waals surface area contributed by atoms with Crippen LogP contribution in [0, 0.1) is 15.5 Å². The van der Waals surface area contributed by atoms with Gasteiger partial charge in [-0.25, -0.2) is 4.79 Å². The molecule has 1 aromatic rings. The van der Waals surface area contributed by atoms with Crippen LogP contribution in [-0.4, -0.2) is 45.0 Å². The fourth-order valence-electron chi connectivity index (χ4n) is 2.52. The Kier molecular flexibility index (Phi) is 5.13. The van der Waals surface area contributed by atoms with Gasteiger partial charge < -0.3 is 9.84 Å². The number of aliphatic hydroxyl groups is 1. The molecular formula is C17H21N3O6. The molecule has 0 saturated carbocycles. The van der Waals surface area contributed by atoms with E-state index in [1.54, 1.807) is 27.7 Å². The third-order valence-corrected chi connectivity index (χ3v) is 4.21. The number of nitrogens with zero attached hydrogens (tertiary/aromatic N) is 3. The van der Waals surface area contributed by atoms with Gasteiger partial charge in [0.25, 0.3) is 11.6 Å². The maximum Gasteiger partial charge on any atom is 0.354 e. The highest BCUT2D eigenvalue weighted by molar-refractivity contribution is 6.37. The van der Waals surface area contributed by atoms with Crippen LogP contribution in [0.3, 0.4) is 0 Å². The van der Waals surface area contributed by atoms with Crippen molar-refractivity contribution in [1.82, 2.24) is 5.01 Å². The lowest BCUT2D eigenvalue weighted by Gasteiger charge is -2.41. The minimum atomic E-state index is -1.74. The molecule has 0 radical (unpaired) electrons. The Morgan fingerprint density at radius 1 is 1.35 bits per heavy atom. The number of carbonyl (C=O) groups excluding carboxylic acids is 2. The lowest BCUT2D eigenvalue weighted by Crippen LogP contribution is -2.55. The Balaban J connectivity index is 2.42. The summed E-state index contributed by atoms with van der Waals surface area (Å²) >= 11 is 0. The van der Waals surface area contributed by atoms with Crippen LogP contribution in [0.5, 0.6) is 0 Å². The van der Waals surface area contributed by atoms with Gasteiger partial charge in [-0.05, 0) is 19.1 Å². The Morgan fingerprint density at radius 2 is 1.92 bits per heavy atom. The van der Waals surface area contributed by atoms with Crippen molar-refractivity contribution in [3.63, 3.8) is 0 Å². The summed E-state index contributed by atoms with van der Waals surface area (Å²) in [6.45, 7) is 6.93. The fraction of sp³-hybridized carbons (Fsp3) is 0.471. The molecule has 1 atom stereocenters. The maximum atomic E-state index is 12.9. The van der Waals surface area contributed by atoms with E-state index in [0.717, 1.165) is 5.01 Å². The maximum absolute atomic E-state index is 12.9. The van der Waals surface area contributed by atoms with Gasteiger partial charge in [-0.3, -0.25) is 14.9 Å². The molecule has 9 heteroatoms. The Bertz CT molecular complexity index is 766. The van der Waals surface area contributed by atoms with Crippen LogP contribution >= 0.6 is 0 Å². The number of rotatable bonds is 4. The summed E-state index contributed by atoms with van der Waals surface area (Å²) < 4.78 is 4.91. The molecule has 1 N–H and O–H groups in total. The molecule has 0 saturated heterocycles. The monoisotopic (exact) mass is 363 g/mol. The van der Waals surface area contributed by atoms with Crippen LogP contribution in [0.1, 0.15) is 44.5 Å². The van der Waals surface area contributed by atoms with Crippen molar-refractivity contribution in [2.24, 2.45) is 10.5 Å². The summed E-state index contributed by atoms with van der Waals surface area (Å²) in [5.41, 5.74) is -2.67. The molecule has 0 fully saturated rings. The predicted octanol–water partition coefficient (Wildman–Crippen LogP) is 2.09. The van der Waals surface area contributed by atoms with Gasteiger partial charge in [0.15, 0.2) is 11.4 Å². The van der Waals surface area contributed by atoms with Gasteiger partial charge in [0.2, 0.25) is 0 Å². The Hall–Kier alpha value is -2.81. The van der Waals surface area contributed by atoms with Gasteiger partial charge in [-0.1, -0.05) is 20.8 Å². The van der Waals surface area contributed by atoms with Crippen LogP contribution in [0.15, 0.2) is 29.4 Å². The number of ether oxygens (including phenoxy) is 1. The summed E-state index contributed by atoms with van der Waals surface area (Å²) in [5.74, 6) is -1.37. The van der Waals surface area contributed by atoms with Gasteiger partial charge in [-0.15, -0.1) is 0 Å². The molecule has 0 aromatic heterocycles. The Labute approximate surface area is 150 Å². The lowest BCUT2D eigenvalue weighted by atomic mass is 9.80. The average Bonchev–Trinajstić information content (AvgIpc) is 2.93. The second-order valence-corrected chi connectivity index (χ2v) is 6.93. The predicted molar refractivity (Wildman–Crippen MR) is 92.4 cm³/mol. The van der Waals surface area contributed by atoms with Gasteiger partial charge in [0.05, 0.1) is 11.5 Å². The first-order valence-electron chi connectivity index (χ1n) is 8.07. The number of carbonyl (C=O) groups is 2. The summed E-state index contributed by atoms with van der Waals surface area (Å²) in [6.07, 6.45) is -0.173. The number of non-ortho nitro benzene ring substituents is 1. The Morgan fingerprint density at radius 3 is 2.38 bits per heavy atom. The zero-order valence-electron chi connectivity index (χ0n) is 15.1. The van der Waals surface area contributed by atoms with Crippen LogP contribution in [0.2, 0.25) is 0 Å². The van der Waals surface area contributed by atoms with Crippen LogP contribution in [0.4, 0.5) is 5.69 Å². The fourth-order valence-corrected chi connectivity index (χ4v) is 2.52. The minimum absolute atomic E-state index is 0.0560. The lowest BCUT2D eigenvalue weighted by molar-refractivity contribution is -0.384. The molecule has 1 aliphatic rings. The first kappa shape index (κ1) is 19.5. The second kappa shape index (κ2) is 6.83. The number of amides is 1. The van der Waals surface area contributed by atoms with Gasteiger partial charge in [0.1, 0.15) is 0 Å². The topological polar surface area (TPSA) is 122 Å². The van der Waals surface area contributed by atoms with Gasteiger partial charge in [0, 0.05) is 29.5 Å². The molecule has 0 aliphatic carbocycles. The van der Waals surface area contributed by atoms with Crippen molar-refractivity contribution < 1.29 is 24.4 Å². The molecule has 26 heavy (non-hydrogen) atoms. The quantitative estimate of drug-likeness (QED) is 0.496. The smallest absolute Gasteiger partial charge is 0.354 e. The molecule has 1 unspecified atom stereocenters. The zero-order chi connectivity index (χ0) is 19.7. The van der Waals surface area contributed by atoms with Crippen molar-refractivity contribution >= 4 is 23.3 Å². The highest BCUT2D eigenvalue weighted by Gasteiger charge is 2.54. The van der Waals surface area contributed by atoms with Crippen molar-refractivity contribution in [2.45, 2.75) is 39.8 Å². The molecule has 2 rings (SSSR count). The molecule has 1 aromatic carbocycles. The van der Waals surface area contributed by atoms with E-state index in [9.17, 15) is 24.8 Å². The first-order chi connectivity index (χ1) is 12.0. The number of nitro groups is 1. The molecule has 1 heterocycles. The second-order valence-electron chi connectivity index (χ2n) is 6.93. The molecule has 1 amide bonds. The van der Waals surface area contributed by atoms with E-state index < -0.39 is 27.9 Å². The molecule has 140 valence electrons. The van der Waals surface area contributed by atoms with Crippen molar-refractivity contribution in [2.75, 3.05) is 6.61 Å². The van der Waals surface area contributed by atoms with Crippen LogP contribution in [-0.2, 0) is 9.53 Å².